The smallest absolute Gasteiger partial charge is 0.000719 e. The highest BCUT2D eigenvalue weighted by Gasteiger charge is 2.22. The molecule has 9 aromatic rings. The molecule has 0 atom stereocenters. The van der Waals surface area contributed by atoms with Crippen LogP contribution >= 0.6 is 0 Å². The Balaban J connectivity index is 1.63. The zero-order valence-electron chi connectivity index (χ0n) is 21.9. The zero-order chi connectivity index (χ0) is 26.2. The molecular weight excluding hydrogens is 480 g/mol. The molecule has 0 saturated heterocycles. The van der Waals surface area contributed by atoms with Crippen LogP contribution in [0.3, 0.4) is 0 Å². The van der Waals surface area contributed by atoms with Gasteiger partial charge >= 0.3 is 0 Å². The van der Waals surface area contributed by atoms with Crippen molar-refractivity contribution in [3.63, 3.8) is 0 Å². The standard InChI is InChI=1S/C40H24/c1-2-12-25(13-3-1)27-15-6-8-18-31(27)38-32-19-9-7-17-29(32)33-21-11-23-35-34-22-10-20-30-28-16-5-4-14-26(28)24-36(37(30)34)40(38)39(33)35/h1-24H. The van der Waals surface area contributed by atoms with E-state index < -0.39 is 0 Å². The number of hydrogen-bond acceptors (Lipinski definition) is 0. The average Bonchev–Trinajstić information content (AvgIpc) is 3.03. The van der Waals surface area contributed by atoms with Crippen molar-refractivity contribution in [2.75, 3.05) is 0 Å². The fraction of sp³-hybridized carbons (Fsp3) is 0. The van der Waals surface area contributed by atoms with E-state index in [1.54, 1.807) is 0 Å². The van der Waals surface area contributed by atoms with Crippen LogP contribution in [0.2, 0.25) is 0 Å². The SMILES string of the molecule is c1ccc(-c2ccccc2-c2c3ccccc3c3cccc4c5cccc6c7ccccc7cc(c2c34)c65)cc1. The third-order valence-electron chi connectivity index (χ3n) is 8.78. The molecule has 0 nitrogen and oxygen atoms in total. The summed E-state index contributed by atoms with van der Waals surface area (Å²) in [5.74, 6) is 0. The Morgan fingerprint density at radius 3 is 1.57 bits per heavy atom. The second kappa shape index (κ2) is 8.15. The van der Waals surface area contributed by atoms with Crippen molar-refractivity contribution in [2.45, 2.75) is 0 Å². The van der Waals surface area contributed by atoms with Gasteiger partial charge in [-0.3, -0.25) is 0 Å². The summed E-state index contributed by atoms with van der Waals surface area (Å²) in [6.07, 6.45) is 0. The van der Waals surface area contributed by atoms with Crippen LogP contribution in [-0.2, 0) is 0 Å². The molecule has 0 heterocycles. The molecule has 0 fully saturated rings. The molecule has 0 aromatic heterocycles. The molecule has 0 heteroatoms. The first-order valence-corrected chi connectivity index (χ1v) is 14.0. The normalized spacial score (nSPS) is 12.0. The Kier molecular flexibility index (Phi) is 4.42. The van der Waals surface area contributed by atoms with Gasteiger partial charge in [0.1, 0.15) is 0 Å². The Morgan fingerprint density at radius 2 is 0.800 bits per heavy atom. The molecule has 0 radical (unpaired) electrons. The van der Waals surface area contributed by atoms with E-state index >= 15 is 0 Å². The molecule has 0 bridgehead atoms. The van der Waals surface area contributed by atoms with Crippen LogP contribution in [0.15, 0.2) is 146 Å². The van der Waals surface area contributed by atoms with Crippen molar-refractivity contribution < 1.29 is 0 Å². The van der Waals surface area contributed by atoms with Crippen molar-refractivity contribution in [1.82, 2.24) is 0 Å². The number of rotatable bonds is 2. The van der Waals surface area contributed by atoms with E-state index in [2.05, 4.69) is 146 Å². The maximum atomic E-state index is 2.44. The van der Waals surface area contributed by atoms with Gasteiger partial charge in [-0.25, -0.2) is 0 Å². The Morgan fingerprint density at radius 1 is 0.275 bits per heavy atom. The monoisotopic (exact) mass is 504 g/mol. The molecule has 0 aliphatic carbocycles. The van der Waals surface area contributed by atoms with Gasteiger partial charge in [0.2, 0.25) is 0 Å². The highest BCUT2D eigenvalue weighted by atomic mass is 14.2. The number of hydrogen-bond donors (Lipinski definition) is 0. The van der Waals surface area contributed by atoms with E-state index in [0.29, 0.717) is 0 Å². The molecular formula is C40H24. The van der Waals surface area contributed by atoms with E-state index in [0.717, 1.165) is 0 Å². The first-order valence-electron chi connectivity index (χ1n) is 14.0. The van der Waals surface area contributed by atoms with Gasteiger partial charge in [-0.2, -0.15) is 0 Å². The van der Waals surface area contributed by atoms with E-state index in [1.807, 2.05) is 0 Å². The van der Waals surface area contributed by atoms with E-state index in [-0.39, 0.29) is 0 Å². The molecule has 0 unspecified atom stereocenters. The second-order valence-electron chi connectivity index (χ2n) is 10.8. The summed E-state index contributed by atoms with van der Waals surface area (Å²) >= 11 is 0. The summed E-state index contributed by atoms with van der Waals surface area (Å²) in [7, 11) is 0. The largest absolute Gasteiger partial charge is 0.0622 e. The lowest BCUT2D eigenvalue weighted by Gasteiger charge is -2.22. The predicted molar refractivity (Wildman–Crippen MR) is 174 cm³/mol. The Labute approximate surface area is 232 Å². The van der Waals surface area contributed by atoms with Crippen molar-refractivity contribution in [3.05, 3.63) is 146 Å². The van der Waals surface area contributed by atoms with Gasteiger partial charge < -0.3 is 0 Å². The topological polar surface area (TPSA) is 0 Å². The third kappa shape index (κ3) is 2.85. The molecule has 0 saturated carbocycles. The number of fused-ring (bicyclic) bond motifs is 6. The molecule has 184 valence electrons. The van der Waals surface area contributed by atoms with Gasteiger partial charge in [0, 0.05) is 0 Å². The second-order valence-corrected chi connectivity index (χ2v) is 10.8. The van der Waals surface area contributed by atoms with Crippen LogP contribution in [0.4, 0.5) is 0 Å². The van der Waals surface area contributed by atoms with E-state index in [9.17, 15) is 0 Å². The summed E-state index contributed by atoms with van der Waals surface area (Å²) in [5.41, 5.74) is 5.10. The van der Waals surface area contributed by atoms with Gasteiger partial charge in [0.15, 0.2) is 0 Å². The van der Waals surface area contributed by atoms with Crippen LogP contribution in [0, 0.1) is 0 Å². The number of benzene rings is 9. The van der Waals surface area contributed by atoms with Gasteiger partial charge in [-0.05, 0) is 93.0 Å². The van der Waals surface area contributed by atoms with E-state index in [1.165, 1.54) is 86.9 Å². The van der Waals surface area contributed by atoms with Crippen LogP contribution in [0.25, 0.3) is 86.9 Å². The van der Waals surface area contributed by atoms with Gasteiger partial charge in [-0.1, -0.05) is 140 Å². The molecule has 0 aliphatic heterocycles. The lowest BCUT2D eigenvalue weighted by atomic mass is 9.81. The highest BCUT2D eigenvalue weighted by molar-refractivity contribution is 6.42. The van der Waals surface area contributed by atoms with Crippen LogP contribution < -0.4 is 0 Å². The maximum Gasteiger partial charge on any atom is -0.000719 e. The van der Waals surface area contributed by atoms with Crippen LogP contribution in [-0.4, -0.2) is 0 Å². The van der Waals surface area contributed by atoms with Gasteiger partial charge in [-0.15, -0.1) is 0 Å². The lowest BCUT2D eigenvalue weighted by molar-refractivity contribution is 1.61. The third-order valence-corrected chi connectivity index (χ3v) is 8.78. The summed E-state index contributed by atoms with van der Waals surface area (Å²) < 4.78 is 0. The summed E-state index contributed by atoms with van der Waals surface area (Å²) in [5, 5.41) is 15.9. The molecule has 40 heavy (non-hydrogen) atoms. The molecule has 0 spiro atoms. The predicted octanol–water partition coefficient (Wildman–Crippen LogP) is 11.4. The molecule has 0 N–H and O–H groups in total. The minimum atomic E-state index is 1.24. The fourth-order valence-corrected chi connectivity index (χ4v) is 7.17. The lowest BCUT2D eigenvalue weighted by Crippen LogP contribution is -1.94. The maximum absolute atomic E-state index is 2.44. The molecule has 9 rings (SSSR count). The Hall–Kier alpha value is -5.20. The van der Waals surface area contributed by atoms with Crippen molar-refractivity contribution >= 4 is 64.6 Å². The average molecular weight is 505 g/mol. The summed E-state index contributed by atoms with van der Waals surface area (Å²) in [4.78, 5) is 0. The fourth-order valence-electron chi connectivity index (χ4n) is 7.17. The zero-order valence-corrected chi connectivity index (χ0v) is 21.9. The van der Waals surface area contributed by atoms with Gasteiger partial charge in [0.05, 0.1) is 0 Å². The molecule has 0 amide bonds. The van der Waals surface area contributed by atoms with Crippen LogP contribution in [0.1, 0.15) is 0 Å². The minimum Gasteiger partial charge on any atom is -0.0622 e. The quantitative estimate of drug-likeness (QED) is 0.162. The first-order chi connectivity index (χ1) is 19.9. The summed E-state index contributed by atoms with van der Waals surface area (Å²) in [6.45, 7) is 0. The van der Waals surface area contributed by atoms with Crippen molar-refractivity contribution in [3.8, 4) is 22.3 Å². The van der Waals surface area contributed by atoms with Crippen LogP contribution in [0.5, 0.6) is 0 Å². The highest BCUT2D eigenvalue weighted by Crippen LogP contribution is 2.50. The first kappa shape index (κ1) is 21.7. The van der Waals surface area contributed by atoms with Crippen molar-refractivity contribution in [2.24, 2.45) is 0 Å². The van der Waals surface area contributed by atoms with Gasteiger partial charge in [0.25, 0.3) is 0 Å². The molecule has 0 aliphatic rings. The molecule has 9 aromatic carbocycles. The van der Waals surface area contributed by atoms with E-state index in [4.69, 9.17) is 0 Å². The summed E-state index contributed by atoms with van der Waals surface area (Å²) in [6, 6.07) is 53.7. The Bertz CT molecular complexity index is 2410. The van der Waals surface area contributed by atoms with Crippen molar-refractivity contribution in [1.29, 1.82) is 0 Å². The minimum absolute atomic E-state index is 1.24.